The molecule has 0 saturated carbocycles. The van der Waals surface area contributed by atoms with Crippen molar-refractivity contribution in [2.75, 3.05) is 0 Å². The summed E-state index contributed by atoms with van der Waals surface area (Å²) in [6.07, 6.45) is 4.95. The van der Waals surface area contributed by atoms with Crippen LogP contribution in [0, 0.1) is 0 Å². The highest BCUT2D eigenvalue weighted by Gasteiger charge is 2.36. The quantitative estimate of drug-likeness (QED) is 0.324. The van der Waals surface area contributed by atoms with Crippen LogP contribution in [0.4, 0.5) is 0 Å². The topological polar surface area (TPSA) is 0 Å². The Labute approximate surface area is 165 Å². The predicted molar refractivity (Wildman–Crippen MR) is 126 cm³/mol. The van der Waals surface area contributed by atoms with Crippen molar-refractivity contribution < 1.29 is 0 Å². The van der Waals surface area contributed by atoms with Gasteiger partial charge >= 0.3 is 0 Å². The van der Waals surface area contributed by atoms with Crippen molar-refractivity contribution in [2.45, 2.75) is 0 Å². The van der Waals surface area contributed by atoms with Crippen molar-refractivity contribution in [3.8, 4) is 11.1 Å². The molecular weight excluding hydrogens is 355 g/mol. The maximum atomic E-state index is 4.95. The van der Waals surface area contributed by atoms with Gasteiger partial charge in [0.05, 0.1) is 0 Å². The molecule has 0 unspecified atom stereocenters. The first kappa shape index (κ1) is 15.9. The van der Waals surface area contributed by atoms with Crippen LogP contribution in [0.3, 0.4) is 0 Å². The van der Waals surface area contributed by atoms with Gasteiger partial charge in [0, 0.05) is 0 Å². The Morgan fingerprint density at radius 2 is 0.929 bits per heavy atom. The molecule has 6 rings (SSSR count). The molecule has 0 aromatic heterocycles. The maximum Gasteiger partial charge on any atom is -0.000960 e. The molecule has 1 heteroatoms. The second-order valence-electron chi connectivity index (χ2n) is 7.51. The van der Waals surface area contributed by atoms with Crippen molar-refractivity contribution in [3.63, 3.8) is 0 Å². The first-order valence-electron chi connectivity index (χ1n) is 9.62. The number of hydrogen-bond donors (Lipinski definition) is 0. The van der Waals surface area contributed by atoms with Crippen LogP contribution in [0.15, 0.2) is 103 Å². The Bertz CT molecular complexity index is 1340. The van der Waals surface area contributed by atoms with Crippen LogP contribution < -0.4 is 15.9 Å². The van der Waals surface area contributed by atoms with Crippen molar-refractivity contribution in [3.05, 3.63) is 103 Å². The molecule has 5 aromatic carbocycles. The number of fused-ring (bicyclic) bond motifs is 7. The van der Waals surface area contributed by atoms with E-state index in [0.717, 1.165) is 0 Å². The predicted octanol–water partition coefficient (Wildman–Crippen LogP) is 5.70. The number of rotatable bonds is 1. The van der Waals surface area contributed by atoms with Crippen molar-refractivity contribution in [1.82, 2.24) is 0 Å². The van der Waals surface area contributed by atoms with E-state index in [-0.39, 0.29) is 0 Å². The Morgan fingerprint density at radius 1 is 0.464 bits per heavy atom. The maximum absolute atomic E-state index is 4.95. The molecule has 0 aliphatic carbocycles. The smallest absolute Gasteiger partial charge is 0.000960 e. The summed E-state index contributed by atoms with van der Waals surface area (Å²) in [4.78, 5) is 0. The molecule has 0 saturated heterocycles. The van der Waals surface area contributed by atoms with Gasteiger partial charge in [-0.2, -0.15) is 0 Å². The number of hydrogen-bond acceptors (Lipinski definition) is 0. The molecule has 0 spiro atoms. The molecule has 5 aromatic rings. The van der Waals surface area contributed by atoms with E-state index in [1.165, 1.54) is 48.6 Å². The molecule has 0 nitrogen and oxygen atoms in total. The van der Waals surface area contributed by atoms with E-state index in [2.05, 4.69) is 103 Å². The lowest BCUT2D eigenvalue weighted by atomic mass is 9.94. The summed E-state index contributed by atoms with van der Waals surface area (Å²) in [5.74, 6) is 0. The minimum atomic E-state index is -1.91. The Hall–Kier alpha value is -3.08. The average molecular weight is 374 g/mol. The monoisotopic (exact) mass is 374 g/mol. The molecule has 0 amide bonds. The standard InChI is InChI=1S/C27H19P/c1-28(21-11-3-2-4-12-21)24-17-15-19-9-5-7-13-22(19)26(24)27-23-14-8-6-10-20(23)16-18-25(27)28/h2-18H,1H2. The van der Waals surface area contributed by atoms with Crippen LogP contribution in [-0.2, 0) is 0 Å². The molecule has 0 bridgehead atoms. The molecule has 28 heavy (non-hydrogen) atoms. The summed E-state index contributed by atoms with van der Waals surface area (Å²) in [6.45, 7) is -1.91. The minimum Gasteiger partial charge on any atom is -0.0886 e. The van der Waals surface area contributed by atoms with Crippen LogP contribution in [0.25, 0.3) is 32.7 Å². The third kappa shape index (κ3) is 1.96. The van der Waals surface area contributed by atoms with Gasteiger partial charge in [0.2, 0.25) is 0 Å². The van der Waals surface area contributed by atoms with E-state index in [4.69, 9.17) is 6.30 Å². The zero-order valence-electron chi connectivity index (χ0n) is 15.5. The fraction of sp³-hybridized carbons (Fsp3) is 0. The Kier molecular flexibility index (Phi) is 3.25. The van der Waals surface area contributed by atoms with E-state index >= 15 is 0 Å². The van der Waals surface area contributed by atoms with Gasteiger partial charge in [-0.25, -0.2) is 0 Å². The van der Waals surface area contributed by atoms with Crippen LogP contribution in [0.2, 0.25) is 0 Å². The van der Waals surface area contributed by atoms with Gasteiger partial charge in [0.1, 0.15) is 0 Å². The second kappa shape index (κ2) is 5.71. The van der Waals surface area contributed by atoms with E-state index in [1.54, 1.807) is 0 Å². The third-order valence-electron chi connectivity index (χ3n) is 6.08. The van der Waals surface area contributed by atoms with Crippen LogP contribution in [0.5, 0.6) is 0 Å². The highest BCUT2D eigenvalue weighted by atomic mass is 31.2. The molecule has 0 radical (unpaired) electrons. The molecule has 0 fully saturated rings. The summed E-state index contributed by atoms with van der Waals surface area (Å²) in [7, 11) is 0. The fourth-order valence-electron chi connectivity index (χ4n) is 4.77. The van der Waals surface area contributed by atoms with E-state index in [9.17, 15) is 0 Å². The average Bonchev–Trinajstić information content (AvgIpc) is 3.05. The first-order valence-corrected chi connectivity index (χ1v) is 11.6. The van der Waals surface area contributed by atoms with Gasteiger partial charge < -0.3 is 0 Å². The zero-order valence-corrected chi connectivity index (χ0v) is 16.4. The summed E-state index contributed by atoms with van der Waals surface area (Å²) in [5, 5.41) is 9.41. The summed E-state index contributed by atoms with van der Waals surface area (Å²) < 4.78 is 0. The Morgan fingerprint density at radius 3 is 1.46 bits per heavy atom. The summed E-state index contributed by atoms with van der Waals surface area (Å²) in [5.41, 5.74) is 2.77. The lowest BCUT2D eigenvalue weighted by Crippen LogP contribution is -2.21. The van der Waals surface area contributed by atoms with Crippen molar-refractivity contribution in [2.24, 2.45) is 0 Å². The van der Waals surface area contributed by atoms with Gasteiger partial charge in [0.25, 0.3) is 0 Å². The van der Waals surface area contributed by atoms with Gasteiger partial charge in [-0.15, -0.1) is 0 Å². The molecule has 132 valence electrons. The van der Waals surface area contributed by atoms with E-state index in [0.29, 0.717) is 0 Å². The zero-order chi connectivity index (χ0) is 18.7. The summed E-state index contributed by atoms with van der Waals surface area (Å²) >= 11 is 0. The highest BCUT2D eigenvalue weighted by Crippen LogP contribution is 2.54. The first-order chi connectivity index (χ1) is 13.8. The lowest BCUT2D eigenvalue weighted by Gasteiger charge is -2.22. The Balaban J connectivity index is 1.87. The van der Waals surface area contributed by atoms with Crippen LogP contribution in [0.1, 0.15) is 0 Å². The van der Waals surface area contributed by atoms with E-state index < -0.39 is 6.89 Å². The van der Waals surface area contributed by atoms with Crippen LogP contribution in [-0.4, -0.2) is 6.30 Å². The van der Waals surface area contributed by atoms with Gasteiger partial charge in [-0.05, 0) is 55.5 Å². The molecule has 0 N–H and O–H groups in total. The molecule has 1 aliphatic heterocycles. The molecule has 1 heterocycles. The van der Waals surface area contributed by atoms with Crippen LogP contribution >= 0.6 is 6.89 Å². The lowest BCUT2D eigenvalue weighted by molar-refractivity contribution is 1.75. The number of benzene rings is 5. The van der Waals surface area contributed by atoms with Crippen molar-refractivity contribution in [1.29, 1.82) is 0 Å². The van der Waals surface area contributed by atoms with E-state index in [1.807, 2.05) is 0 Å². The van der Waals surface area contributed by atoms with Gasteiger partial charge in [-0.1, -0.05) is 109 Å². The molecular formula is C27H19P. The third-order valence-corrected chi connectivity index (χ3v) is 9.65. The SMILES string of the molecule is C=P1(c2ccccc2)c2ccc3ccccc3c2-c2c1ccc1ccccc21. The second-order valence-corrected chi connectivity index (χ2v) is 10.6. The largest absolute Gasteiger partial charge is 0.0886 e. The molecule has 1 aliphatic rings. The summed E-state index contributed by atoms with van der Waals surface area (Å²) in [6, 6.07) is 37.6. The highest BCUT2D eigenvalue weighted by molar-refractivity contribution is 7.94. The fourth-order valence-corrected chi connectivity index (χ4v) is 8.16. The van der Waals surface area contributed by atoms with Gasteiger partial charge in [0.15, 0.2) is 0 Å². The van der Waals surface area contributed by atoms with Crippen molar-refractivity contribution >= 4 is 50.6 Å². The minimum absolute atomic E-state index is 1.29. The normalized spacial score (nSPS) is 14.1. The molecule has 0 atom stereocenters. The van der Waals surface area contributed by atoms with Gasteiger partial charge in [-0.3, -0.25) is 0 Å².